The van der Waals surface area contributed by atoms with E-state index in [1.54, 1.807) is 4.90 Å². The summed E-state index contributed by atoms with van der Waals surface area (Å²) in [5.41, 5.74) is -0.0949. The molecule has 0 bridgehead atoms. The Morgan fingerprint density at radius 1 is 0.962 bits per heavy atom. The molecule has 0 amide bonds. The van der Waals surface area contributed by atoms with Crippen molar-refractivity contribution in [3.8, 4) is 0 Å². The summed E-state index contributed by atoms with van der Waals surface area (Å²) in [5.74, 6) is 0. The van der Waals surface area contributed by atoms with Crippen molar-refractivity contribution in [3.63, 3.8) is 0 Å². The quantitative estimate of drug-likeness (QED) is 0.633. The molecule has 1 N–H and O–H groups in total. The lowest BCUT2D eigenvalue weighted by atomic mass is 9.95. The second kappa shape index (κ2) is 8.45. The third-order valence-corrected chi connectivity index (χ3v) is 7.65. The van der Waals surface area contributed by atoms with Crippen LogP contribution in [0.15, 0.2) is 29.2 Å². The summed E-state index contributed by atoms with van der Waals surface area (Å²) in [7, 11) is -3.57. The molecule has 0 unspecified atom stereocenters. The monoisotopic (exact) mass is 382 g/mol. The van der Waals surface area contributed by atoms with Crippen molar-refractivity contribution in [2.45, 2.75) is 55.9 Å². The molecule has 2 fully saturated rings. The van der Waals surface area contributed by atoms with E-state index in [0.29, 0.717) is 19.1 Å². The zero-order valence-corrected chi connectivity index (χ0v) is 15.9. The molecular formula is C18H28N3O4S+. The van der Waals surface area contributed by atoms with Crippen LogP contribution in [0.25, 0.3) is 0 Å². The van der Waals surface area contributed by atoms with Gasteiger partial charge in [0.2, 0.25) is 10.0 Å². The number of hydrogen-bond donors (Lipinski definition) is 1. The van der Waals surface area contributed by atoms with Crippen LogP contribution >= 0.6 is 0 Å². The van der Waals surface area contributed by atoms with Gasteiger partial charge in [-0.15, -0.1) is 0 Å². The number of benzene rings is 1. The first kappa shape index (κ1) is 19.3. The van der Waals surface area contributed by atoms with Crippen LogP contribution in [0.4, 0.5) is 5.69 Å². The van der Waals surface area contributed by atoms with Crippen molar-refractivity contribution in [3.05, 3.63) is 34.4 Å². The molecule has 1 saturated carbocycles. The Kier molecular flexibility index (Phi) is 6.26. The zero-order chi connectivity index (χ0) is 18.6. The first-order chi connectivity index (χ1) is 12.5. The van der Waals surface area contributed by atoms with Crippen LogP contribution in [-0.2, 0) is 10.0 Å². The van der Waals surface area contributed by atoms with Gasteiger partial charge in [-0.3, -0.25) is 10.1 Å². The standard InChI is InChI=1S/C18H27N3O4S/c22-21(23)17-8-10-18(11-9-17)26(24,25)20-14-12-19(13-15-20)16-6-4-2-1-3-5-7-16/h8-11,16H,1-7,12-15H2/p+1. The smallest absolute Gasteiger partial charge is 0.269 e. The number of sulfonamides is 1. The summed E-state index contributed by atoms with van der Waals surface area (Å²) in [5, 5.41) is 10.7. The number of quaternary nitrogens is 1. The summed E-state index contributed by atoms with van der Waals surface area (Å²) in [6, 6.07) is 5.84. The molecule has 1 aromatic carbocycles. The van der Waals surface area contributed by atoms with Gasteiger partial charge in [0.1, 0.15) is 0 Å². The molecule has 2 aliphatic rings. The number of non-ortho nitro benzene ring substituents is 1. The highest BCUT2D eigenvalue weighted by atomic mass is 32.2. The van der Waals surface area contributed by atoms with Gasteiger partial charge in [0.15, 0.2) is 0 Å². The number of hydrogen-bond acceptors (Lipinski definition) is 4. The Bertz CT molecular complexity index is 704. The fraction of sp³-hybridized carbons (Fsp3) is 0.667. The van der Waals surface area contributed by atoms with E-state index in [0.717, 1.165) is 13.1 Å². The minimum absolute atomic E-state index is 0.0949. The number of nitrogens with one attached hydrogen (secondary N) is 1. The zero-order valence-electron chi connectivity index (χ0n) is 15.1. The summed E-state index contributed by atoms with van der Waals surface area (Å²) >= 11 is 0. The van der Waals surface area contributed by atoms with Crippen LogP contribution in [0.1, 0.15) is 44.9 Å². The molecule has 26 heavy (non-hydrogen) atoms. The lowest BCUT2D eigenvalue weighted by Gasteiger charge is -2.36. The maximum Gasteiger partial charge on any atom is 0.269 e. The van der Waals surface area contributed by atoms with Gasteiger partial charge in [-0.05, 0) is 37.8 Å². The van der Waals surface area contributed by atoms with Crippen LogP contribution in [0, 0.1) is 10.1 Å². The van der Waals surface area contributed by atoms with Gasteiger partial charge in [-0.2, -0.15) is 4.31 Å². The van der Waals surface area contributed by atoms with Crippen LogP contribution < -0.4 is 4.90 Å². The second-order valence-corrected chi connectivity index (χ2v) is 9.29. The van der Waals surface area contributed by atoms with Crippen LogP contribution in [0.2, 0.25) is 0 Å². The highest BCUT2D eigenvalue weighted by molar-refractivity contribution is 7.89. The third-order valence-electron chi connectivity index (χ3n) is 5.73. The van der Waals surface area contributed by atoms with Gasteiger partial charge >= 0.3 is 0 Å². The molecule has 0 radical (unpaired) electrons. The Balaban J connectivity index is 1.61. The van der Waals surface area contributed by atoms with Crippen LogP contribution in [-0.4, -0.2) is 49.9 Å². The first-order valence-electron chi connectivity index (χ1n) is 9.57. The largest absolute Gasteiger partial charge is 0.330 e. The number of rotatable bonds is 4. The van der Waals surface area contributed by atoms with Crippen molar-refractivity contribution < 1.29 is 18.2 Å². The van der Waals surface area contributed by atoms with E-state index in [4.69, 9.17) is 0 Å². The summed E-state index contributed by atoms with van der Waals surface area (Å²) in [4.78, 5) is 11.9. The Labute approximate surface area is 155 Å². The van der Waals surface area contributed by atoms with E-state index in [-0.39, 0.29) is 10.6 Å². The number of nitro benzene ring substituents is 1. The predicted molar refractivity (Wildman–Crippen MR) is 98.7 cm³/mol. The molecule has 1 aliphatic heterocycles. The molecule has 0 atom stereocenters. The molecule has 0 spiro atoms. The van der Waals surface area contributed by atoms with Gasteiger partial charge in [-0.1, -0.05) is 19.3 Å². The lowest BCUT2D eigenvalue weighted by molar-refractivity contribution is -0.929. The summed E-state index contributed by atoms with van der Waals surface area (Å²) in [6.45, 7) is 2.73. The average Bonchev–Trinajstić information content (AvgIpc) is 2.62. The van der Waals surface area contributed by atoms with Gasteiger partial charge < -0.3 is 4.90 Å². The Hall–Kier alpha value is -1.51. The SMILES string of the molecule is O=[N+]([O-])c1ccc(S(=O)(=O)N2CC[NH+](C3CCCCCCC3)CC2)cc1. The fourth-order valence-corrected chi connectivity index (χ4v) is 5.62. The maximum atomic E-state index is 12.8. The van der Waals surface area contributed by atoms with Gasteiger partial charge in [0, 0.05) is 12.1 Å². The lowest BCUT2D eigenvalue weighted by Crippen LogP contribution is -3.18. The highest BCUT2D eigenvalue weighted by Gasteiger charge is 2.33. The number of nitro groups is 1. The summed E-state index contributed by atoms with van der Waals surface area (Å²) in [6.07, 6.45) is 9.09. The van der Waals surface area contributed by atoms with E-state index >= 15 is 0 Å². The van der Waals surface area contributed by atoms with E-state index in [1.807, 2.05) is 0 Å². The van der Waals surface area contributed by atoms with Crippen molar-refractivity contribution in [1.82, 2.24) is 4.31 Å². The molecule has 1 heterocycles. The molecule has 3 rings (SSSR count). The minimum atomic E-state index is -3.57. The highest BCUT2D eigenvalue weighted by Crippen LogP contribution is 2.20. The Morgan fingerprint density at radius 2 is 1.50 bits per heavy atom. The number of piperazine rings is 1. The minimum Gasteiger partial charge on any atom is -0.330 e. The van der Waals surface area contributed by atoms with E-state index < -0.39 is 14.9 Å². The fourth-order valence-electron chi connectivity index (χ4n) is 4.18. The Morgan fingerprint density at radius 3 is 2.04 bits per heavy atom. The van der Waals surface area contributed by atoms with E-state index in [9.17, 15) is 18.5 Å². The molecule has 8 heteroatoms. The maximum absolute atomic E-state index is 12.8. The molecular weight excluding hydrogens is 354 g/mol. The number of nitrogens with zero attached hydrogens (tertiary/aromatic N) is 2. The molecule has 144 valence electrons. The second-order valence-electron chi connectivity index (χ2n) is 7.36. The van der Waals surface area contributed by atoms with Gasteiger partial charge in [0.05, 0.1) is 42.0 Å². The normalized spacial score (nSPS) is 21.8. The third kappa shape index (κ3) is 4.42. The van der Waals surface area contributed by atoms with E-state index in [1.165, 1.54) is 73.5 Å². The predicted octanol–water partition coefficient (Wildman–Crippen LogP) is 1.60. The molecule has 0 aromatic heterocycles. The van der Waals surface area contributed by atoms with Gasteiger partial charge in [-0.25, -0.2) is 8.42 Å². The van der Waals surface area contributed by atoms with Crippen molar-refractivity contribution >= 4 is 15.7 Å². The topological polar surface area (TPSA) is 85.0 Å². The summed E-state index contributed by atoms with van der Waals surface area (Å²) < 4.78 is 27.1. The molecule has 1 saturated heterocycles. The van der Waals surface area contributed by atoms with Crippen molar-refractivity contribution in [2.75, 3.05) is 26.2 Å². The van der Waals surface area contributed by atoms with Crippen LogP contribution in [0.5, 0.6) is 0 Å². The molecule has 1 aromatic rings. The first-order valence-corrected chi connectivity index (χ1v) is 11.0. The van der Waals surface area contributed by atoms with Crippen molar-refractivity contribution in [2.24, 2.45) is 0 Å². The molecule has 1 aliphatic carbocycles. The molecule has 7 nitrogen and oxygen atoms in total. The van der Waals surface area contributed by atoms with E-state index in [2.05, 4.69) is 0 Å². The van der Waals surface area contributed by atoms with Crippen LogP contribution in [0.3, 0.4) is 0 Å². The van der Waals surface area contributed by atoms with Gasteiger partial charge in [0.25, 0.3) is 5.69 Å². The average molecular weight is 383 g/mol. The van der Waals surface area contributed by atoms with Crippen molar-refractivity contribution in [1.29, 1.82) is 0 Å².